The molecule has 0 N–H and O–H groups in total. The number of hydrogen-bond acceptors (Lipinski definition) is 5. The van der Waals surface area contributed by atoms with Gasteiger partial charge in [0.05, 0.1) is 25.5 Å². The Labute approximate surface area is 135 Å². The molecule has 1 aliphatic rings. The van der Waals surface area contributed by atoms with Crippen molar-refractivity contribution in [1.29, 1.82) is 0 Å². The smallest absolute Gasteiger partial charge is 0.236 e. The summed E-state index contributed by atoms with van der Waals surface area (Å²) in [4.78, 5) is 20.5. The Kier molecular flexibility index (Phi) is 5.05. The van der Waals surface area contributed by atoms with Crippen LogP contribution in [-0.2, 0) is 16.1 Å². The Morgan fingerprint density at radius 3 is 2.74 bits per heavy atom. The maximum Gasteiger partial charge on any atom is 0.236 e. The minimum atomic E-state index is 0.127. The van der Waals surface area contributed by atoms with E-state index in [-0.39, 0.29) is 5.91 Å². The van der Waals surface area contributed by atoms with Crippen molar-refractivity contribution in [3.63, 3.8) is 0 Å². The van der Waals surface area contributed by atoms with E-state index in [0.29, 0.717) is 45.3 Å². The summed E-state index contributed by atoms with van der Waals surface area (Å²) in [5.74, 6) is 0.732. The zero-order valence-electron chi connectivity index (χ0n) is 13.3. The quantitative estimate of drug-likeness (QED) is 0.839. The second kappa shape index (κ2) is 7.39. The summed E-state index contributed by atoms with van der Waals surface area (Å²) in [6, 6.07) is 9.78. The number of morpholine rings is 1. The Bertz CT molecular complexity index is 636. The van der Waals surface area contributed by atoms with E-state index < -0.39 is 0 Å². The second-order valence-corrected chi connectivity index (χ2v) is 5.68. The van der Waals surface area contributed by atoms with Crippen molar-refractivity contribution in [3.8, 4) is 11.5 Å². The molecule has 0 aliphatic carbocycles. The molecule has 6 nitrogen and oxygen atoms in total. The molecule has 1 aromatic carbocycles. The highest BCUT2D eigenvalue weighted by atomic mass is 16.5. The van der Waals surface area contributed by atoms with Gasteiger partial charge in [-0.25, -0.2) is 4.98 Å². The number of likely N-dealkylation sites (N-methyl/N-ethyl adjacent to an activating group) is 1. The van der Waals surface area contributed by atoms with E-state index in [2.05, 4.69) is 4.98 Å². The molecule has 3 rings (SSSR count). The molecular weight excluding hydrogens is 294 g/mol. The van der Waals surface area contributed by atoms with Gasteiger partial charge in [0.15, 0.2) is 0 Å². The van der Waals surface area contributed by atoms with Gasteiger partial charge in [0.1, 0.15) is 6.26 Å². The minimum absolute atomic E-state index is 0.127. The fraction of sp³-hybridized carbons (Fsp3) is 0.412. The molecule has 2 heterocycles. The number of oxazole rings is 1. The van der Waals surface area contributed by atoms with Crippen LogP contribution in [0.1, 0.15) is 5.69 Å². The van der Waals surface area contributed by atoms with E-state index in [1.54, 1.807) is 6.26 Å². The summed E-state index contributed by atoms with van der Waals surface area (Å²) in [5.41, 5.74) is 1.77. The lowest BCUT2D eigenvalue weighted by Crippen LogP contribution is -2.44. The second-order valence-electron chi connectivity index (χ2n) is 5.68. The van der Waals surface area contributed by atoms with Crippen LogP contribution in [0.4, 0.5) is 0 Å². The molecule has 1 amide bonds. The van der Waals surface area contributed by atoms with Crippen LogP contribution in [0.2, 0.25) is 0 Å². The number of carbonyl (C=O) groups excluding carboxylic acids is 1. The van der Waals surface area contributed by atoms with Crippen molar-refractivity contribution in [3.05, 3.63) is 42.3 Å². The van der Waals surface area contributed by atoms with Gasteiger partial charge in [-0.1, -0.05) is 18.2 Å². The normalized spacial score (nSPS) is 15.1. The molecule has 1 aliphatic heterocycles. The molecule has 0 atom stereocenters. The molecule has 1 saturated heterocycles. The Morgan fingerprint density at radius 2 is 2.00 bits per heavy atom. The molecule has 0 radical (unpaired) electrons. The first-order valence-corrected chi connectivity index (χ1v) is 7.76. The largest absolute Gasteiger partial charge is 0.444 e. The molecule has 6 heteroatoms. The highest BCUT2D eigenvalue weighted by molar-refractivity contribution is 5.78. The summed E-state index contributed by atoms with van der Waals surface area (Å²) < 4.78 is 10.8. The van der Waals surface area contributed by atoms with Gasteiger partial charge in [0.25, 0.3) is 0 Å². The lowest BCUT2D eigenvalue weighted by Gasteiger charge is -2.28. The summed E-state index contributed by atoms with van der Waals surface area (Å²) in [6.07, 6.45) is 1.65. The molecule has 0 bridgehead atoms. The fourth-order valence-corrected chi connectivity index (χ4v) is 2.57. The van der Waals surface area contributed by atoms with Gasteiger partial charge in [0.2, 0.25) is 11.8 Å². The van der Waals surface area contributed by atoms with Crippen LogP contribution in [0.3, 0.4) is 0 Å². The van der Waals surface area contributed by atoms with Gasteiger partial charge < -0.3 is 14.1 Å². The van der Waals surface area contributed by atoms with Crippen LogP contribution in [0.25, 0.3) is 11.5 Å². The van der Waals surface area contributed by atoms with Gasteiger partial charge in [-0.3, -0.25) is 9.69 Å². The number of rotatable bonds is 5. The summed E-state index contributed by atoms with van der Waals surface area (Å²) in [7, 11) is 1.91. The first-order chi connectivity index (χ1) is 11.2. The molecule has 2 aromatic rings. The molecule has 0 unspecified atom stereocenters. The zero-order valence-corrected chi connectivity index (χ0v) is 13.3. The van der Waals surface area contributed by atoms with Gasteiger partial charge in [-0.05, 0) is 19.2 Å². The van der Waals surface area contributed by atoms with Crippen LogP contribution in [0, 0.1) is 0 Å². The van der Waals surface area contributed by atoms with Crippen LogP contribution in [0.15, 0.2) is 41.0 Å². The summed E-state index contributed by atoms with van der Waals surface area (Å²) >= 11 is 0. The summed E-state index contributed by atoms with van der Waals surface area (Å²) in [5, 5.41) is 0. The van der Waals surface area contributed by atoms with Crippen molar-refractivity contribution >= 4 is 5.91 Å². The fourth-order valence-electron chi connectivity index (χ4n) is 2.57. The Hall–Kier alpha value is -2.18. The van der Waals surface area contributed by atoms with Crippen molar-refractivity contribution < 1.29 is 13.9 Å². The van der Waals surface area contributed by atoms with E-state index in [9.17, 15) is 4.79 Å². The van der Waals surface area contributed by atoms with E-state index in [4.69, 9.17) is 9.15 Å². The molecule has 1 aromatic heterocycles. The third-order valence-corrected chi connectivity index (χ3v) is 3.77. The Morgan fingerprint density at radius 1 is 1.26 bits per heavy atom. The first-order valence-electron chi connectivity index (χ1n) is 7.76. The van der Waals surface area contributed by atoms with E-state index in [1.165, 1.54) is 0 Å². The molecule has 0 saturated carbocycles. The topological polar surface area (TPSA) is 58.8 Å². The summed E-state index contributed by atoms with van der Waals surface area (Å²) in [6.45, 7) is 3.54. The number of carbonyl (C=O) groups is 1. The lowest BCUT2D eigenvalue weighted by atomic mass is 10.2. The third kappa shape index (κ3) is 4.18. The van der Waals surface area contributed by atoms with Gasteiger partial charge in [0, 0.05) is 25.2 Å². The van der Waals surface area contributed by atoms with Crippen LogP contribution in [-0.4, -0.2) is 60.6 Å². The number of hydrogen-bond donors (Lipinski definition) is 0. The maximum absolute atomic E-state index is 12.2. The highest BCUT2D eigenvalue weighted by Crippen LogP contribution is 2.18. The average molecular weight is 315 g/mol. The van der Waals surface area contributed by atoms with Crippen LogP contribution in [0.5, 0.6) is 0 Å². The van der Waals surface area contributed by atoms with E-state index in [1.807, 2.05) is 47.2 Å². The number of benzene rings is 1. The number of nitrogens with zero attached hydrogens (tertiary/aromatic N) is 3. The maximum atomic E-state index is 12.2. The lowest BCUT2D eigenvalue weighted by molar-refractivity contribution is -0.136. The van der Waals surface area contributed by atoms with Crippen molar-refractivity contribution in [2.24, 2.45) is 0 Å². The zero-order chi connectivity index (χ0) is 16.1. The monoisotopic (exact) mass is 315 g/mol. The number of aromatic nitrogens is 1. The van der Waals surface area contributed by atoms with Crippen molar-refractivity contribution in [1.82, 2.24) is 14.8 Å². The predicted octanol–water partition coefficient (Wildman–Crippen LogP) is 1.63. The average Bonchev–Trinajstić information content (AvgIpc) is 3.04. The van der Waals surface area contributed by atoms with Crippen LogP contribution < -0.4 is 0 Å². The Balaban J connectivity index is 1.54. The molecular formula is C17H21N3O3. The van der Waals surface area contributed by atoms with Gasteiger partial charge >= 0.3 is 0 Å². The molecule has 0 spiro atoms. The number of amides is 1. The van der Waals surface area contributed by atoms with Crippen molar-refractivity contribution in [2.75, 3.05) is 39.9 Å². The minimum Gasteiger partial charge on any atom is -0.444 e. The molecule has 122 valence electrons. The van der Waals surface area contributed by atoms with Crippen LogP contribution >= 0.6 is 0 Å². The standard InChI is InChI=1S/C17H21N3O3/c1-19(12-16(21)20-7-9-22-10-8-20)11-15-13-23-17(18-15)14-5-3-2-4-6-14/h2-6,13H,7-12H2,1H3. The third-order valence-electron chi connectivity index (χ3n) is 3.77. The van der Waals surface area contributed by atoms with E-state index in [0.717, 1.165) is 11.3 Å². The SMILES string of the molecule is CN(CC(=O)N1CCOCC1)Cc1coc(-c2ccccc2)n1. The van der Waals surface area contributed by atoms with Gasteiger partial charge in [-0.15, -0.1) is 0 Å². The van der Waals surface area contributed by atoms with Crippen molar-refractivity contribution in [2.45, 2.75) is 6.54 Å². The molecule has 23 heavy (non-hydrogen) atoms. The highest BCUT2D eigenvalue weighted by Gasteiger charge is 2.18. The van der Waals surface area contributed by atoms with Gasteiger partial charge in [-0.2, -0.15) is 0 Å². The first kappa shape index (κ1) is 15.7. The van der Waals surface area contributed by atoms with E-state index >= 15 is 0 Å². The predicted molar refractivity (Wildman–Crippen MR) is 85.7 cm³/mol. The molecule has 1 fully saturated rings. The number of ether oxygens (including phenoxy) is 1.